The van der Waals surface area contributed by atoms with Crippen LogP contribution in [0.25, 0.3) is 5.03 Å². The van der Waals surface area contributed by atoms with Crippen LogP contribution in [0.1, 0.15) is 37.9 Å². The predicted octanol–water partition coefficient (Wildman–Crippen LogP) is 2.77. The fourth-order valence-corrected chi connectivity index (χ4v) is 4.35. The molecule has 0 aliphatic carbocycles. The number of rotatable bonds is 6. The number of halogens is 1. The summed E-state index contributed by atoms with van der Waals surface area (Å²) in [4.78, 5) is 6.45. The number of nitrogens with zero attached hydrogens (tertiary/aromatic N) is 5. The van der Waals surface area contributed by atoms with Gasteiger partial charge in [0.25, 0.3) is 0 Å². The van der Waals surface area contributed by atoms with E-state index < -0.39 is 11.3 Å². The maximum absolute atomic E-state index is 10.3. The molecule has 0 saturated carbocycles. The number of fused-ring (bicyclic) bond motifs is 1. The molecule has 31 heavy (non-hydrogen) atoms. The van der Waals surface area contributed by atoms with E-state index in [9.17, 15) is 10.4 Å². The first-order valence-electron chi connectivity index (χ1n) is 10.3. The molecule has 2 aliphatic rings. The molecule has 8 nitrogen and oxygen atoms in total. The summed E-state index contributed by atoms with van der Waals surface area (Å²) in [6.45, 7) is 5.34. The van der Waals surface area contributed by atoms with E-state index in [-0.39, 0.29) is 12.7 Å². The molecule has 0 radical (unpaired) electrons. The summed E-state index contributed by atoms with van der Waals surface area (Å²) in [5.41, 5.74) is -0.853. The number of pyridine rings is 1. The zero-order chi connectivity index (χ0) is 22.1. The Kier molecular flexibility index (Phi) is 6.04. The fraction of sp³-hybridized carbons (Fsp3) is 0.500. The molecule has 1 fully saturated rings. The van der Waals surface area contributed by atoms with Gasteiger partial charge < -0.3 is 14.6 Å². The summed E-state index contributed by atoms with van der Waals surface area (Å²) in [7, 11) is 0. The Bertz CT molecular complexity index is 987. The van der Waals surface area contributed by atoms with Crippen molar-refractivity contribution in [3.63, 3.8) is 0 Å². The molecule has 2 aromatic heterocycles. The van der Waals surface area contributed by atoms with Crippen LogP contribution in [0.5, 0.6) is 5.88 Å². The molecule has 1 N–H and O–H groups in total. The van der Waals surface area contributed by atoms with Gasteiger partial charge in [-0.1, -0.05) is 17.7 Å². The number of likely N-dealkylation sites (tertiary alicyclic amines) is 1. The minimum atomic E-state index is -1.00. The van der Waals surface area contributed by atoms with E-state index in [1.165, 1.54) is 6.20 Å². The summed E-state index contributed by atoms with van der Waals surface area (Å²) in [5, 5.41) is 24.4. The molecule has 1 saturated heterocycles. The van der Waals surface area contributed by atoms with E-state index in [4.69, 9.17) is 21.1 Å². The molecular weight excluding hydrogens is 418 g/mol. The summed E-state index contributed by atoms with van der Waals surface area (Å²) >= 11 is 6.61. The quantitative estimate of drug-likeness (QED) is 0.733. The second-order valence-corrected chi connectivity index (χ2v) is 8.99. The van der Waals surface area contributed by atoms with Crippen molar-refractivity contribution >= 4 is 16.6 Å². The largest absolute Gasteiger partial charge is 0.474 e. The van der Waals surface area contributed by atoms with Gasteiger partial charge in [0.15, 0.2) is 5.72 Å². The minimum absolute atomic E-state index is 0.0611. The van der Waals surface area contributed by atoms with Crippen molar-refractivity contribution in [1.82, 2.24) is 19.7 Å². The molecule has 2 aliphatic heterocycles. The van der Waals surface area contributed by atoms with E-state index in [0.29, 0.717) is 41.8 Å². The third-order valence-corrected chi connectivity index (χ3v) is 5.78. The van der Waals surface area contributed by atoms with Crippen molar-refractivity contribution < 1.29 is 14.6 Å². The number of aromatic nitrogens is 3. The normalized spacial score (nSPS) is 22.5. The van der Waals surface area contributed by atoms with E-state index in [1.54, 1.807) is 24.7 Å². The average molecular weight is 444 g/mol. The van der Waals surface area contributed by atoms with Gasteiger partial charge in [0.2, 0.25) is 5.88 Å². The lowest BCUT2D eigenvalue weighted by Crippen LogP contribution is -2.58. The summed E-state index contributed by atoms with van der Waals surface area (Å²) in [5.74, 6) is 0.625. The van der Waals surface area contributed by atoms with E-state index in [0.717, 1.165) is 12.8 Å². The zero-order valence-electron chi connectivity index (χ0n) is 17.7. The average Bonchev–Trinajstić information content (AvgIpc) is 3.16. The number of aliphatic hydroxyl groups is 1. The molecule has 164 valence electrons. The zero-order valence-corrected chi connectivity index (χ0v) is 18.4. The molecule has 0 amide bonds. The van der Waals surface area contributed by atoms with E-state index in [1.807, 2.05) is 24.3 Å². The topological polar surface area (TPSA) is 96.4 Å². The van der Waals surface area contributed by atoms with Crippen LogP contribution in [0.15, 0.2) is 36.7 Å². The van der Waals surface area contributed by atoms with Crippen molar-refractivity contribution in [2.24, 2.45) is 0 Å². The van der Waals surface area contributed by atoms with E-state index >= 15 is 0 Å². The van der Waals surface area contributed by atoms with Crippen LogP contribution < -0.4 is 4.74 Å². The van der Waals surface area contributed by atoms with Crippen molar-refractivity contribution in [2.75, 3.05) is 19.7 Å². The lowest BCUT2D eigenvalue weighted by atomic mass is 9.99. The second-order valence-electron chi connectivity index (χ2n) is 8.59. The second kappa shape index (κ2) is 8.60. The Hall–Kier alpha value is -2.44. The van der Waals surface area contributed by atoms with Gasteiger partial charge in [0, 0.05) is 25.4 Å². The van der Waals surface area contributed by atoms with Gasteiger partial charge in [-0.3, -0.25) is 9.58 Å². The molecule has 4 rings (SSSR count). The first kappa shape index (κ1) is 21.8. The SMILES string of the molecule is CC(C)(O)COC1(N2CCC(Oc3ccccn3)CC2)C=C(Cl)c2c(C#N)cnn2C1. The lowest BCUT2D eigenvalue weighted by Gasteiger charge is -2.47. The van der Waals surface area contributed by atoms with Gasteiger partial charge in [-0.05, 0) is 38.8 Å². The Morgan fingerprint density at radius 1 is 1.35 bits per heavy atom. The van der Waals surface area contributed by atoms with Gasteiger partial charge in [0.1, 0.15) is 12.2 Å². The van der Waals surface area contributed by atoms with Crippen LogP contribution in [-0.2, 0) is 11.3 Å². The van der Waals surface area contributed by atoms with Crippen molar-refractivity contribution in [3.05, 3.63) is 47.9 Å². The van der Waals surface area contributed by atoms with Gasteiger partial charge >= 0.3 is 0 Å². The maximum atomic E-state index is 10.3. The third-order valence-electron chi connectivity index (χ3n) is 5.49. The number of hydrogen-bond acceptors (Lipinski definition) is 7. The summed E-state index contributed by atoms with van der Waals surface area (Å²) < 4.78 is 14.0. The molecule has 1 unspecified atom stereocenters. The van der Waals surface area contributed by atoms with Crippen molar-refractivity contribution in [1.29, 1.82) is 5.26 Å². The number of hydrogen-bond donors (Lipinski definition) is 1. The monoisotopic (exact) mass is 443 g/mol. The van der Waals surface area contributed by atoms with Crippen LogP contribution >= 0.6 is 11.6 Å². The Morgan fingerprint density at radius 3 is 2.77 bits per heavy atom. The lowest BCUT2D eigenvalue weighted by molar-refractivity contribution is -0.175. The maximum Gasteiger partial charge on any atom is 0.213 e. The number of nitriles is 1. The first-order chi connectivity index (χ1) is 14.8. The highest BCUT2D eigenvalue weighted by molar-refractivity contribution is 6.48. The predicted molar refractivity (Wildman–Crippen MR) is 115 cm³/mol. The third kappa shape index (κ3) is 4.75. The molecule has 2 aromatic rings. The van der Waals surface area contributed by atoms with Gasteiger partial charge in [-0.25, -0.2) is 4.98 Å². The number of ether oxygens (including phenoxy) is 2. The highest BCUT2D eigenvalue weighted by Gasteiger charge is 2.44. The van der Waals surface area contributed by atoms with Crippen LogP contribution in [0.4, 0.5) is 0 Å². The van der Waals surface area contributed by atoms with Crippen LogP contribution in [0.3, 0.4) is 0 Å². The molecule has 9 heteroatoms. The fourth-order valence-electron chi connectivity index (χ4n) is 3.98. The van der Waals surface area contributed by atoms with Gasteiger partial charge in [-0.2, -0.15) is 10.4 Å². The smallest absolute Gasteiger partial charge is 0.213 e. The van der Waals surface area contributed by atoms with Crippen LogP contribution in [0, 0.1) is 11.3 Å². The van der Waals surface area contributed by atoms with Crippen molar-refractivity contribution in [3.8, 4) is 11.9 Å². The molecule has 1 atom stereocenters. The van der Waals surface area contributed by atoms with Crippen LogP contribution in [0.2, 0.25) is 0 Å². The molecule has 4 heterocycles. The minimum Gasteiger partial charge on any atom is -0.474 e. The molecule has 0 aromatic carbocycles. The number of piperidine rings is 1. The van der Waals surface area contributed by atoms with Crippen molar-refractivity contribution in [2.45, 2.75) is 50.7 Å². The van der Waals surface area contributed by atoms with E-state index in [2.05, 4.69) is 21.1 Å². The Morgan fingerprint density at radius 2 is 2.13 bits per heavy atom. The highest BCUT2D eigenvalue weighted by atomic mass is 35.5. The molecular formula is C22H26ClN5O3. The highest BCUT2D eigenvalue weighted by Crippen LogP contribution is 2.37. The molecule has 0 bridgehead atoms. The molecule has 0 spiro atoms. The summed E-state index contributed by atoms with van der Waals surface area (Å²) in [6.07, 6.45) is 6.74. The van der Waals surface area contributed by atoms with Crippen LogP contribution in [-0.4, -0.2) is 61.9 Å². The standard InChI is InChI=1S/C22H26ClN5O3/c1-21(2,29)15-30-22(11-18(23)20-16(12-24)13-26-28(20)14-22)27-9-6-17(7-10-27)31-19-5-3-4-8-25-19/h3-5,8,11,13,17,29H,6-7,9-10,14-15H2,1-2H3. The summed E-state index contributed by atoms with van der Waals surface area (Å²) in [6, 6.07) is 7.76. The Balaban J connectivity index is 1.54. The first-order valence-corrected chi connectivity index (χ1v) is 10.7. The Labute approximate surface area is 186 Å². The van der Waals surface area contributed by atoms with Gasteiger partial charge in [-0.15, -0.1) is 0 Å². The van der Waals surface area contributed by atoms with Gasteiger partial charge in [0.05, 0.1) is 41.2 Å².